The molecule has 3 rings (SSSR count). The van der Waals surface area contributed by atoms with E-state index in [1.54, 1.807) is 0 Å². The summed E-state index contributed by atoms with van der Waals surface area (Å²) in [5.74, 6) is -0.663. The maximum atomic E-state index is 6.51. The highest BCUT2D eigenvalue weighted by molar-refractivity contribution is 6.30. The van der Waals surface area contributed by atoms with Gasteiger partial charge in [-0.1, -0.05) is 23.7 Å². The Morgan fingerprint density at radius 1 is 1.20 bits per heavy atom. The van der Waals surface area contributed by atoms with Crippen LogP contribution in [0.2, 0.25) is 5.02 Å². The third-order valence-electron chi connectivity index (χ3n) is 3.72. The predicted molar refractivity (Wildman–Crippen MR) is 85.0 cm³/mol. The zero-order valence-corrected chi connectivity index (χ0v) is 12.0. The largest absolute Gasteiger partial charge is 0.399 e. The number of nitrogen functional groups attached to an aromatic ring is 1. The molecule has 0 amide bonds. The molecule has 2 aromatic rings. The van der Waals surface area contributed by atoms with E-state index in [1.165, 1.54) is 0 Å². The molecule has 1 atom stereocenters. The van der Waals surface area contributed by atoms with E-state index in [2.05, 4.69) is 5.32 Å². The maximum Gasteiger partial charge on any atom is 0.168 e. The lowest BCUT2D eigenvalue weighted by atomic mass is 10.1. The molecular weight excluding hydrogens is 272 g/mol. The predicted octanol–water partition coefficient (Wildman–Crippen LogP) is 2.64. The molecule has 0 saturated carbocycles. The number of benzene rings is 2. The molecular formula is C15H17ClN4. The van der Waals surface area contributed by atoms with Gasteiger partial charge in [0.05, 0.1) is 11.4 Å². The third-order valence-corrected chi connectivity index (χ3v) is 3.97. The van der Waals surface area contributed by atoms with Gasteiger partial charge in [0.2, 0.25) is 0 Å². The first-order valence-corrected chi connectivity index (χ1v) is 6.81. The monoisotopic (exact) mass is 288 g/mol. The van der Waals surface area contributed by atoms with Crippen LogP contribution < -0.4 is 21.7 Å². The minimum Gasteiger partial charge on any atom is -0.399 e. The van der Waals surface area contributed by atoms with Crippen molar-refractivity contribution in [1.82, 2.24) is 0 Å². The first kappa shape index (κ1) is 13.1. The zero-order valence-electron chi connectivity index (χ0n) is 11.2. The molecule has 1 heterocycles. The molecule has 1 aliphatic heterocycles. The van der Waals surface area contributed by atoms with Crippen LogP contribution in [0.25, 0.3) is 0 Å². The van der Waals surface area contributed by atoms with Crippen molar-refractivity contribution in [2.45, 2.75) is 12.2 Å². The van der Waals surface area contributed by atoms with Gasteiger partial charge in [-0.3, -0.25) is 5.73 Å². The number of hydrogen-bond donors (Lipinski definition) is 3. The topological polar surface area (TPSA) is 67.3 Å². The SMILES string of the molecule is CN1c2ccc(N)cc2NC1(N)Cc1ccc(Cl)cc1. The molecule has 0 radical (unpaired) electrons. The van der Waals surface area contributed by atoms with E-state index in [0.29, 0.717) is 6.42 Å². The summed E-state index contributed by atoms with van der Waals surface area (Å²) < 4.78 is 0. The van der Waals surface area contributed by atoms with E-state index in [-0.39, 0.29) is 0 Å². The lowest BCUT2D eigenvalue weighted by molar-refractivity contribution is 0.491. The van der Waals surface area contributed by atoms with Gasteiger partial charge in [0.15, 0.2) is 5.79 Å². The summed E-state index contributed by atoms with van der Waals surface area (Å²) in [7, 11) is 1.98. The van der Waals surface area contributed by atoms with Gasteiger partial charge in [-0.05, 0) is 35.9 Å². The highest BCUT2D eigenvalue weighted by atomic mass is 35.5. The summed E-state index contributed by atoms with van der Waals surface area (Å²) in [5, 5.41) is 4.08. The van der Waals surface area contributed by atoms with Gasteiger partial charge in [-0.2, -0.15) is 0 Å². The van der Waals surface area contributed by atoms with Crippen molar-refractivity contribution in [1.29, 1.82) is 0 Å². The quantitative estimate of drug-likeness (QED) is 0.743. The molecule has 0 spiro atoms. The van der Waals surface area contributed by atoms with Crippen molar-refractivity contribution >= 4 is 28.7 Å². The summed E-state index contributed by atoms with van der Waals surface area (Å²) >= 11 is 5.91. The van der Waals surface area contributed by atoms with Crippen molar-refractivity contribution in [3.63, 3.8) is 0 Å². The number of likely N-dealkylation sites (N-methyl/N-ethyl adjacent to an activating group) is 1. The van der Waals surface area contributed by atoms with Crippen LogP contribution in [-0.4, -0.2) is 12.8 Å². The first-order valence-electron chi connectivity index (χ1n) is 6.43. The number of nitrogens with one attached hydrogen (secondary N) is 1. The number of nitrogens with two attached hydrogens (primary N) is 2. The lowest BCUT2D eigenvalue weighted by Gasteiger charge is -2.34. The van der Waals surface area contributed by atoms with Crippen molar-refractivity contribution < 1.29 is 0 Å². The fraction of sp³-hybridized carbons (Fsp3) is 0.200. The minimum absolute atomic E-state index is 0.662. The molecule has 0 aliphatic carbocycles. The Labute approximate surface area is 123 Å². The van der Waals surface area contributed by atoms with Crippen LogP contribution in [-0.2, 0) is 6.42 Å². The van der Waals surface area contributed by atoms with Crippen molar-refractivity contribution in [3.05, 3.63) is 53.1 Å². The number of halogens is 1. The summed E-state index contributed by atoms with van der Waals surface area (Å²) in [5.41, 5.74) is 16.2. The summed E-state index contributed by atoms with van der Waals surface area (Å²) in [6.45, 7) is 0. The third kappa shape index (κ3) is 2.17. The first-order chi connectivity index (χ1) is 9.48. The summed E-state index contributed by atoms with van der Waals surface area (Å²) in [6.07, 6.45) is 0.662. The summed E-state index contributed by atoms with van der Waals surface area (Å²) in [4.78, 5) is 2.04. The van der Waals surface area contributed by atoms with Crippen LogP contribution in [0, 0.1) is 0 Å². The van der Waals surface area contributed by atoms with Crippen LogP contribution in [0.5, 0.6) is 0 Å². The average molecular weight is 289 g/mol. The smallest absolute Gasteiger partial charge is 0.168 e. The normalized spacial score (nSPS) is 20.6. The van der Waals surface area contributed by atoms with Crippen LogP contribution in [0.1, 0.15) is 5.56 Å². The van der Waals surface area contributed by atoms with E-state index >= 15 is 0 Å². The molecule has 4 nitrogen and oxygen atoms in total. The van der Waals surface area contributed by atoms with E-state index in [0.717, 1.165) is 27.6 Å². The molecule has 0 bridgehead atoms. The maximum absolute atomic E-state index is 6.51. The molecule has 20 heavy (non-hydrogen) atoms. The van der Waals surface area contributed by atoms with E-state index in [9.17, 15) is 0 Å². The Bertz CT molecular complexity index is 641. The fourth-order valence-corrected chi connectivity index (χ4v) is 2.68. The number of rotatable bonds is 2. The molecule has 0 aromatic heterocycles. The van der Waals surface area contributed by atoms with E-state index in [4.69, 9.17) is 23.1 Å². The molecule has 104 valence electrons. The van der Waals surface area contributed by atoms with Gasteiger partial charge in [0, 0.05) is 24.2 Å². The molecule has 1 unspecified atom stereocenters. The van der Waals surface area contributed by atoms with Crippen LogP contribution in [0.15, 0.2) is 42.5 Å². The molecule has 2 aromatic carbocycles. The highest BCUT2D eigenvalue weighted by Gasteiger charge is 2.37. The lowest BCUT2D eigenvalue weighted by Crippen LogP contribution is -2.58. The molecule has 1 aliphatic rings. The van der Waals surface area contributed by atoms with Crippen LogP contribution in [0.4, 0.5) is 17.1 Å². The van der Waals surface area contributed by atoms with Crippen molar-refractivity contribution in [2.75, 3.05) is 23.0 Å². The second-order valence-electron chi connectivity index (χ2n) is 5.19. The van der Waals surface area contributed by atoms with Gasteiger partial charge in [-0.15, -0.1) is 0 Å². The van der Waals surface area contributed by atoms with Gasteiger partial charge in [0.1, 0.15) is 0 Å². The van der Waals surface area contributed by atoms with Crippen LogP contribution >= 0.6 is 11.6 Å². The minimum atomic E-state index is -0.663. The van der Waals surface area contributed by atoms with E-state index < -0.39 is 5.79 Å². The Balaban J connectivity index is 1.89. The number of anilines is 3. The average Bonchev–Trinajstić information content (AvgIpc) is 2.64. The second-order valence-corrected chi connectivity index (χ2v) is 5.62. The molecule has 5 N–H and O–H groups in total. The van der Waals surface area contributed by atoms with Gasteiger partial charge in [0.25, 0.3) is 0 Å². The van der Waals surface area contributed by atoms with Crippen molar-refractivity contribution in [3.8, 4) is 0 Å². The highest BCUT2D eigenvalue weighted by Crippen LogP contribution is 2.39. The molecule has 0 fully saturated rings. The standard InChI is InChI=1S/C15H17ClN4/c1-20-14-7-6-12(17)8-13(14)19-15(20,18)9-10-2-4-11(16)5-3-10/h2-8,19H,9,17-18H2,1H3. The fourth-order valence-electron chi connectivity index (χ4n) is 2.55. The Hall–Kier alpha value is -1.91. The van der Waals surface area contributed by atoms with Gasteiger partial charge in [-0.25, -0.2) is 0 Å². The van der Waals surface area contributed by atoms with Crippen LogP contribution in [0.3, 0.4) is 0 Å². The number of hydrogen-bond acceptors (Lipinski definition) is 4. The Morgan fingerprint density at radius 2 is 1.90 bits per heavy atom. The Kier molecular flexibility index (Phi) is 3.00. The molecule has 0 saturated heterocycles. The van der Waals surface area contributed by atoms with Gasteiger partial charge >= 0.3 is 0 Å². The number of nitrogens with zero attached hydrogens (tertiary/aromatic N) is 1. The zero-order chi connectivity index (χ0) is 14.3. The van der Waals surface area contributed by atoms with E-state index in [1.807, 2.05) is 54.4 Å². The van der Waals surface area contributed by atoms with Gasteiger partial charge < -0.3 is 16.0 Å². The number of fused-ring (bicyclic) bond motifs is 1. The van der Waals surface area contributed by atoms with Crippen molar-refractivity contribution in [2.24, 2.45) is 5.73 Å². The Morgan fingerprint density at radius 3 is 2.60 bits per heavy atom. The molecule has 5 heteroatoms. The second kappa shape index (κ2) is 4.58. The summed E-state index contributed by atoms with van der Waals surface area (Å²) in [6, 6.07) is 13.5.